The molecule has 1 amide bonds. The van der Waals surface area contributed by atoms with Gasteiger partial charge >= 0.3 is 5.97 Å². The minimum atomic E-state index is -0.483. The Hall–Kier alpha value is -1.37. The van der Waals surface area contributed by atoms with E-state index in [0.29, 0.717) is 18.7 Å². The lowest BCUT2D eigenvalue weighted by atomic mass is 10.2. The van der Waals surface area contributed by atoms with Gasteiger partial charge in [0.25, 0.3) is 5.91 Å². The number of hydrogen-bond donors (Lipinski definition) is 0. The molecule has 0 fully saturated rings. The van der Waals surface area contributed by atoms with Crippen molar-refractivity contribution < 1.29 is 14.3 Å². The monoisotopic (exact) mass is 387 g/mol. The summed E-state index contributed by atoms with van der Waals surface area (Å²) in [6, 6.07) is 7.05. The number of carbonyl (C=O) groups is 2. The quantitative estimate of drug-likeness (QED) is 0.429. The van der Waals surface area contributed by atoms with Crippen molar-refractivity contribution in [2.45, 2.75) is 13.8 Å². The Morgan fingerprint density at radius 3 is 2.65 bits per heavy atom. The van der Waals surface area contributed by atoms with Gasteiger partial charge in [0, 0.05) is 16.7 Å². The summed E-state index contributed by atoms with van der Waals surface area (Å²) in [4.78, 5) is 25.3. The number of ether oxygens (including phenoxy) is 1. The number of rotatable bonds is 6. The molecule has 0 saturated carbocycles. The molecule has 0 atom stereocenters. The van der Waals surface area contributed by atoms with E-state index in [4.69, 9.17) is 4.74 Å². The van der Waals surface area contributed by atoms with Crippen molar-refractivity contribution in [3.05, 3.63) is 45.6 Å². The Labute approximate surface area is 132 Å². The van der Waals surface area contributed by atoms with Gasteiger partial charge in [0.2, 0.25) is 0 Å². The molecule has 0 aromatic heterocycles. The molecule has 108 valence electrons. The summed E-state index contributed by atoms with van der Waals surface area (Å²) in [5.74, 6) is -0.697. The normalized spacial score (nSPS) is 9.95. The lowest BCUT2D eigenvalue weighted by molar-refractivity contribution is -0.133. The first-order valence-electron chi connectivity index (χ1n) is 6.29. The second kappa shape index (κ2) is 8.04. The summed E-state index contributed by atoms with van der Waals surface area (Å²) in [5.41, 5.74) is 1.34. The maximum Gasteiger partial charge on any atom is 0.338 e. The number of amides is 1. The molecule has 0 N–H and O–H groups in total. The number of carbonyl (C=O) groups excluding carboxylic acids is 2. The van der Waals surface area contributed by atoms with Gasteiger partial charge in [-0.25, -0.2) is 4.79 Å². The molecule has 20 heavy (non-hydrogen) atoms. The first-order chi connectivity index (χ1) is 9.43. The van der Waals surface area contributed by atoms with E-state index in [9.17, 15) is 9.59 Å². The summed E-state index contributed by atoms with van der Waals surface area (Å²) in [6.07, 6.45) is 0. The van der Waals surface area contributed by atoms with E-state index in [1.165, 1.54) is 0 Å². The summed E-state index contributed by atoms with van der Waals surface area (Å²) in [6.45, 7) is 8.31. The number of esters is 1. The van der Waals surface area contributed by atoms with Crippen LogP contribution in [0, 0.1) is 3.57 Å². The number of benzene rings is 1. The molecule has 0 aliphatic rings. The largest absolute Gasteiger partial charge is 0.452 e. The fraction of sp³-hybridized carbons (Fsp3) is 0.333. The van der Waals surface area contributed by atoms with Gasteiger partial charge in [0.1, 0.15) is 0 Å². The Bertz CT molecular complexity index is 514. The van der Waals surface area contributed by atoms with Crippen molar-refractivity contribution >= 4 is 34.5 Å². The topological polar surface area (TPSA) is 46.6 Å². The molecular formula is C15H18INO3. The molecule has 0 aliphatic heterocycles. The van der Waals surface area contributed by atoms with Gasteiger partial charge in [0.15, 0.2) is 6.61 Å². The van der Waals surface area contributed by atoms with E-state index in [1.807, 2.05) is 19.9 Å². The fourth-order valence-corrected chi connectivity index (χ4v) is 2.16. The zero-order valence-electron chi connectivity index (χ0n) is 11.7. The minimum Gasteiger partial charge on any atom is -0.452 e. The highest BCUT2D eigenvalue weighted by molar-refractivity contribution is 14.1. The van der Waals surface area contributed by atoms with Crippen LogP contribution in [-0.4, -0.2) is 36.5 Å². The maximum absolute atomic E-state index is 11.9. The molecule has 1 aromatic carbocycles. The van der Waals surface area contributed by atoms with Crippen molar-refractivity contribution in [3.63, 3.8) is 0 Å². The van der Waals surface area contributed by atoms with E-state index in [-0.39, 0.29) is 12.5 Å². The van der Waals surface area contributed by atoms with Crippen molar-refractivity contribution in [2.75, 3.05) is 19.7 Å². The molecule has 0 radical (unpaired) electrons. The third-order valence-corrected chi connectivity index (χ3v) is 3.25. The van der Waals surface area contributed by atoms with E-state index in [2.05, 4.69) is 29.2 Å². The van der Waals surface area contributed by atoms with Crippen molar-refractivity contribution in [1.82, 2.24) is 4.90 Å². The van der Waals surface area contributed by atoms with Crippen LogP contribution < -0.4 is 0 Å². The van der Waals surface area contributed by atoms with Crippen LogP contribution in [-0.2, 0) is 9.53 Å². The molecule has 0 aliphatic carbocycles. The van der Waals surface area contributed by atoms with E-state index < -0.39 is 5.97 Å². The number of likely N-dealkylation sites (N-methyl/N-ethyl adjacent to an activating group) is 1. The molecular weight excluding hydrogens is 369 g/mol. The summed E-state index contributed by atoms with van der Waals surface area (Å²) >= 11 is 2.12. The summed E-state index contributed by atoms with van der Waals surface area (Å²) in [5, 5.41) is 0. The number of nitrogens with zero attached hydrogens (tertiary/aromatic N) is 1. The van der Waals surface area contributed by atoms with Crippen LogP contribution in [0.3, 0.4) is 0 Å². The Balaban J connectivity index is 2.55. The van der Waals surface area contributed by atoms with E-state index in [1.54, 1.807) is 23.1 Å². The minimum absolute atomic E-state index is 0.213. The maximum atomic E-state index is 11.9. The standard InChI is InChI=1S/C15H18INO3/c1-4-17(9-11(2)3)14(18)10-20-15(19)12-6-5-7-13(16)8-12/h5-8H,2,4,9-10H2,1,3H3. The second-order valence-corrected chi connectivity index (χ2v) is 5.70. The van der Waals surface area contributed by atoms with Crippen LogP contribution in [0.15, 0.2) is 36.4 Å². The smallest absolute Gasteiger partial charge is 0.338 e. The highest BCUT2D eigenvalue weighted by Gasteiger charge is 2.15. The van der Waals surface area contributed by atoms with Crippen molar-refractivity contribution in [3.8, 4) is 0 Å². The van der Waals surface area contributed by atoms with Gasteiger partial charge in [-0.05, 0) is 54.6 Å². The third kappa shape index (κ3) is 5.32. The molecule has 1 rings (SSSR count). The third-order valence-electron chi connectivity index (χ3n) is 2.58. The number of halogens is 1. The first-order valence-corrected chi connectivity index (χ1v) is 7.36. The van der Waals surface area contributed by atoms with Crippen LogP contribution >= 0.6 is 22.6 Å². The van der Waals surface area contributed by atoms with Gasteiger partial charge in [-0.3, -0.25) is 4.79 Å². The average Bonchev–Trinajstić information content (AvgIpc) is 2.41. The van der Waals surface area contributed by atoms with Gasteiger partial charge in [-0.15, -0.1) is 0 Å². The van der Waals surface area contributed by atoms with Crippen LogP contribution in [0.5, 0.6) is 0 Å². The molecule has 1 aromatic rings. The predicted molar refractivity (Wildman–Crippen MR) is 86.5 cm³/mol. The van der Waals surface area contributed by atoms with Gasteiger partial charge in [-0.2, -0.15) is 0 Å². The first kappa shape index (κ1) is 16.7. The number of hydrogen-bond acceptors (Lipinski definition) is 3. The Morgan fingerprint density at radius 1 is 1.40 bits per heavy atom. The SMILES string of the molecule is C=C(C)CN(CC)C(=O)COC(=O)c1cccc(I)c1. The van der Waals surface area contributed by atoms with Crippen LogP contribution in [0.4, 0.5) is 0 Å². The van der Waals surface area contributed by atoms with Crippen LogP contribution in [0.2, 0.25) is 0 Å². The second-order valence-electron chi connectivity index (χ2n) is 4.45. The van der Waals surface area contributed by atoms with Crippen molar-refractivity contribution in [1.29, 1.82) is 0 Å². The summed E-state index contributed by atoms with van der Waals surface area (Å²) in [7, 11) is 0. The fourth-order valence-electron chi connectivity index (χ4n) is 1.62. The predicted octanol–water partition coefficient (Wildman–Crippen LogP) is 2.87. The lowest BCUT2D eigenvalue weighted by Gasteiger charge is -2.20. The van der Waals surface area contributed by atoms with Gasteiger partial charge in [-0.1, -0.05) is 18.2 Å². The molecule has 4 nitrogen and oxygen atoms in total. The lowest BCUT2D eigenvalue weighted by Crippen LogP contribution is -2.35. The van der Waals surface area contributed by atoms with Crippen LogP contribution in [0.25, 0.3) is 0 Å². The molecule has 0 bridgehead atoms. The zero-order valence-corrected chi connectivity index (χ0v) is 13.8. The van der Waals surface area contributed by atoms with E-state index >= 15 is 0 Å². The Kier molecular flexibility index (Phi) is 6.70. The molecule has 0 unspecified atom stereocenters. The Morgan fingerprint density at radius 2 is 2.10 bits per heavy atom. The molecule has 0 saturated heterocycles. The highest BCUT2D eigenvalue weighted by Crippen LogP contribution is 2.09. The molecule has 0 spiro atoms. The van der Waals surface area contributed by atoms with Crippen LogP contribution in [0.1, 0.15) is 24.2 Å². The highest BCUT2D eigenvalue weighted by atomic mass is 127. The average molecular weight is 387 g/mol. The molecule has 5 heteroatoms. The van der Waals surface area contributed by atoms with Gasteiger partial charge in [0.05, 0.1) is 5.56 Å². The van der Waals surface area contributed by atoms with Gasteiger partial charge < -0.3 is 9.64 Å². The molecule has 0 heterocycles. The summed E-state index contributed by atoms with van der Waals surface area (Å²) < 4.78 is 5.99. The van der Waals surface area contributed by atoms with E-state index in [0.717, 1.165) is 9.14 Å². The zero-order chi connectivity index (χ0) is 15.1. The van der Waals surface area contributed by atoms with Crippen molar-refractivity contribution in [2.24, 2.45) is 0 Å².